The monoisotopic (exact) mass is 320 g/mol. The number of piperidine rings is 1. The molecule has 3 rings (SSSR count). The van der Waals surface area contributed by atoms with Crippen LogP contribution < -0.4 is 19.9 Å². The molecule has 2 aliphatic rings. The topological polar surface area (TPSA) is 74.0 Å². The summed E-state index contributed by atoms with van der Waals surface area (Å²) in [5, 5.41) is 0. The number of likely N-dealkylation sites (tertiary alicyclic amines) is 1. The molecule has 1 fully saturated rings. The first-order valence-corrected chi connectivity index (χ1v) is 8.16. The summed E-state index contributed by atoms with van der Waals surface area (Å²) in [6.45, 7) is 3.65. The third-order valence-corrected chi connectivity index (χ3v) is 4.49. The number of carbonyl (C=O) groups excluding carboxylic acids is 1. The Morgan fingerprint density at radius 3 is 2.87 bits per heavy atom. The van der Waals surface area contributed by atoms with Crippen molar-refractivity contribution in [3.8, 4) is 17.2 Å². The average Bonchev–Trinajstić information content (AvgIpc) is 2.60. The Bertz CT molecular complexity index is 571. The average molecular weight is 320 g/mol. The molecule has 6 nitrogen and oxygen atoms in total. The smallest absolute Gasteiger partial charge is 0.254 e. The lowest BCUT2D eigenvalue weighted by Gasteiger charge is -2.38. The van der Waals surface area contributed by atoms with Crippen LogP contribution in [0, 0.1) is 0 Å². The number of nitrogens with two attached hydrogens (primary N) is 1. The number of methoxy groups -OCH3 is 1. The highest BCUT2D eigenvalue weighted by Crippen LogP contribution is 2.40. The predicted octanol–water partition coefficient (Wildman–Crippen LogP) is 1.81. The van der Waals surface area contributed by atoms with Crippen LogP contribution >= 0.6 is 0 Å². The number of hydrogen-bond acceptors (Lipinski definition) is 5. The van der Waals surface area contributed by atoms with Crippen LogP contribution in [0.3, 0.4) is 0 Å². The van der Waals surface area contributed by atoms with Crippen LogP contribution in [0.25, 0.3) is 0 Å². The number of fused-ring (bicyclic) bond motifs is 1. The number of ether oxygens (including phenoxy) is 3. The van der Waals surface area contributed by atoms with Gasteiger partial charge in [-0.1, -0.05) is 0 Å². The predicted molar refractivity (Wildman–Crippen MR) is 86.3 cm³/mol. The Balaban J connectivity index is 1.92. The lowest BCUT2D eigenvalue weighted by molar-refractivity contribution is 0.0582. The van der Waals surface area contributed by atoms with Crippen LogP contribution in [0.4, 0.5) is 0 Å². The van der Waals surface area contributed by atoms with Crippen molar-refractivity contribution in [2.75, 3.05) is 26.9 Å². The van der Waals surface area contributed by atoms with E-state index in [4.69, 9.17) is 19.9 Å². The van der Waals surface area contributed by atoms with Gasteiger partial charge in [-0.25, -0.2) is 0 Å². The second kappa shape index (κ2) is 6.66. The Hall–Kier alpha value is -1.95. The number of rotatable bonds is 3. The summed E-state index contributed by atoms with van der Waals surface area (Å²) in [6.07, 6.45) is 3.07. The molecule has 0 unspecified atom stereocenters. The molecule has 0 bridgehead atoms. The van der Waals surface area contributed by atoms with Crippen LogP contribution in [0.2, 0.25) is 0 Å². The number of nitrogens with zero attached hydrogens (tertiary/aromatic N) is 1. The van der Waals surface area contributed by atoms with Crippen molar-refractivity contribution in [2.45, 2.75) is 38.3 Å². The van der Waals surface area contributed by atoms with Crippen molar-refractivity contribution in [1.82, 2.24) is 4.90 Å². The van der Waals surface area contributed by atoms with Gasteiger partial charge in [0.2, 0.25) is 5.75 Å². The van der Waals surface area contributed by atoms with Gasteiger partial charge in [0.25, 0.3) is 5.91 Å². The normalized spacial score (nSPS) is 21.7. The van der Waals surface area contributed by atoms with Gasteiger partial charge >= 0.3 is 0 Å². The van der Waals surface area contributed by atoms with Gasteiger partial charge in [-0.3, -0.25) is 4.79 Å². The fraction of sp³-hybridized carbons (Fsp3) is 0.588. The quantitative estimate of drug-likeness (QED) is 0.919. The molecular weight excluding hydrogens is 296 g/mol. The van der Waals surface area contributed by atoms with Crippen LogP contribution in [-0.4, -0.2) is 49.8 Å². The van der Waals surface area contributed by atoms with E-state index in [0.29, 0.717) is 36.0 Å². The Morgan fingerprint density at radius 1 is 1.35 bits per heavy atom. The van der Waals surface area contributed by atoms with Gasteiger partial charge in [-0.15, -0.1) is 0 Å². The minimum Gasteiger partial charge on any atom is -0.493 e. The van der Waals surface area contributed by atoms with E-state index in [9.17, 15) is 4.79 Å². The number of benzene rings is 1. The molecule has 2 aliphatic heterocycles. The van der Waals surface area contributed by atoms with Crippen molar-refractivity contribution in [3.63, 3.8) is 0 Å². The van der Waals surface area contributed by atoms with E-state index in [2.05, 4.69) is 0 Å². The molecule has 0 aliphatic carbocycles. The lowest BCUT2D eigenvalue weighted by Crippen LogP contribution is -2.51. The lowest BCUT2D eigenvalue weighted by atomic mass is 9.96. The number of hydrogen-bond donors (Lipinski definition) is 1. The van der Waals surface area contributed by atoms with Gasteiger partial charge in [-0.05, 0) is 38.3 Å². The van der Waals surface area contributed by atoms with Gasteiger partial charge in [0.15, 0.2) is 11.5 Å². The molecule has 1 aromatic rings. The van der Waals surface area contributed by atoms with E-state index >= 15 is 0 Å². The third kappa shape index (κ3) is 3.08. The highest BCUT2D eigenvalue weighted by Gasteiger charge is 2.31. The fourth-order valence-corrected chi connectivity index (χ4v) is 3.32. The van der Waals surface area contributed by atoms with Crippen molar-refractivity contribution >= 4 is 5.91 Å². The maximum absolute atomic E-state index is 13.0. The first-order valence-electron chi connectivity index (χ1n) is 8.16. The van der Waals surface area contributed by atoms with Crippen LogP contribution in [0.1, 0.15) is 36.5 Å². The van der Waals surface area contributed by atoms with Crippen LogP contribution in [0.5, 0.6) is 17.2 Å². The molecular formula is C17H24N2O4. The Kier molecular flexibility index (Phi) is 4.61. The molecule has 23 heavy (non-hydrogen) atoms. The maximum Gasteiger partial charge on any atom is 0.254 e. The van der Waals surface area contributed by atoms with E-state index in [-0.39, 0.29) is 18.0 Å². The first kappa shape index (κ1) is 15.9. The SMILES string of the molecule is COc1cc(C(=O)N2CCCC[C@H]2[C@@H](C)N)cc2c1OCCO2. The van der Waals surface area contributed by atoms with Gasteiger partial charge in [0, 0.05) is 24.2 Å². The second-order valence-corrected chi connectivity index (χ2v) is 6.12. The van der Waals surface area contributed by atoms with E-state index in [1.165, 1.54) is 0 Å². The molecule has 126 valence electrons. The van der Waals surface area contributed by atoms with Crippen LogP contribution in [0.15, 0.2) is 12.1 Å². The molecule has 0 spiro atoms. The van der Waals surface area contributed by atoms with E-state index in [1.54, 1.807) is 19.2 Å². The summed E-state index contributed by atoms with van der Waals surface area (Å²) in [5.74, 6) is 1.63. The molecule has 2 heterocycles. The summed E-state index contributed by atoms with van der Waals surface area (Å²) in [7, 11) is 1.56. The van der Waals surface area contributed by atoms with E-state index in [0.717, 1.165) is 25.8 Å². The minimum absolute atomic E-state index is 0.0257. The molecule has 1 amide bonds. The molecule has 0 radical (unpaired) electrons. The zero-order valence-electron chi connectivity index (χ0n) is 13.7. The van der Waals surface area contributed by atoms with Crippen LogP contribution in [-0.2, 0) is 0 Å². The van der Waals surface area contributed by atoms with Gasteiger partial charge in [-0.2, -0.15) is 0 Å². The van der Waals surface area contributed by atoms with E-state index in [1.807, 2.05) is 11.8 Å². The molecule has 6 heteroatoms. The molecule has 1 saturated heterocycles. The zero-order chi connectivity index (χ0) is 16.4. The van der Waals surface area contributed by atoms with Crippen molar-refractivity contribution < 1.29 is 19.0 Å². The number of amides is 1. The summed E-state index contributed by atoms with van der Waals surface area (Å²) >= 11 is 0. The summed E-state index contributed by atoms with van der Waals surface area (Å²) in [6, 6.07) is 3.50. The third-order valence-electron chi connectivity index (χ3n) is 4.49. The van der Waals surface area contributed by atoms with Gasteiger partial charge < -0.3 is 24.8 Å². The molecule has 2 N–H and O–H groups in total. The first-order chi connectivity index (χ1) is 11.1. The standard InChI is InChI=1S/C17H24N2O4/c1-11(18)13-5-3-4-6-19(13)17(20)12-9-14(21-2)16-15(10-12)22-7-8-23-16/h9-11,13H,3-8,18H2,1-2H3/t11-,13+/m1/s1. The Labute approximate surface area is 136 Å². The summed E-state index contributed by atoms with van der Waals surface area (Å²) < 4.78 is 16.6. The van der Waals surface area contributed by atoms with E-state index < -0.39 is 0 Å². The Morgan fingerprint density at radius 2 is 2.13 bits per heavy atom. The van der Waals surface area contributed by atoms with Crippen molar-refractivity contribution in [2.24, 2.45) is 5.73 Å². The fourth-order valence-electron chi connectivity index (χ4n) is 3.32. The summed E-state index contributed by atoms with van der Waals surface area (Å²) in [5.41, 5.74) is 6.63. The number of carbonyl (C=O) groups is 1. The molecule has 0 saturated carbocycles. The molecule has 0 aromatic heterocycles. The molecule has 2 atom stereocenters. The van der Waals surface area contributed by atoms with Gasteiger partial charge in [0.1, 0.15) is 13.2 Å². The van der Waals surface area contributed by atoms with Crippen molar-refractivity contribution in [3.05, 3.63) is 17.7 Å². The highest BCUT2D eigenvalue weighted by molar-refractivity contribution is 5.96. The second-order valence-electron chi connectivity index (χ2n) is 6.12. The highest BCUT2D eigenvalue weighted by atomic mass is 16.6. The van der Waals surface area contributed by atoms with Gasteiger partial charge in [0.05, 0.1) is 7.11 Å². The summed E-state index contributed by atoms with van der Waals surface area (Å²) in [4.78, 5) is 14.9. The minimum atomic E-state index is -0.0432. The molecule has 1 aromatic carbocycles. The zero-order valence-corrected chi connectivity index (χ0v) is 13.7. The largest absolute Gasteiger partial charge is 0.493 e. The maximum atomic E-state index is 13.0. The van der Waals surface area contributed by atoms with Crippen molar-refractivity contribution in [1.29, 1.82) is 0 Å².